The Labute approximate surface area is 263 Å². The lowest BCUT2D eigenvalue weighted by atomic mass is 9.97. The Morgan fingerprint density at radius 3 is 2.58 bits per heavy atom. The summed E-state index contributed by atoms with van der Waals surface area (Å²) in [7, 11) is 0. The van der Waals surface area contributed by atoms with E-state index in [2.05, 4.69) is 21.2 Å². The number of carbonyl (C=O) groups is 2. The largest absolute Gasteiger partial charge is 0.487 e. The van der Waals surface area contributed by atoms with Crippen LogP contribution < -0.4 is 10.5 Å². The molecule has 2 amide bonds. The molecule has 10 nitrogen and oxygen atoms in total. The molecule has 4 aromatic heterocycles. The van der Waals surface area contributed by atoms with Gasteiger partial charge in [-0.1, -0.05) is 13.0 Å². The third-order valence-corrected chi connectivity index (χ3v) is 8.67. The first-order valence-electron chi connectivity index (χ1n) is 14.7. The van der Waals surface area contributed by atoms with Crippen molar-refractivity contribution in [2.45, 2.75) is 52.7 Å². The van der Waals surface area contributed by atoms with Crippen molar-refractivity contribution >= 4 is 23.2 Å². The molecule has 0 unspecified atom stereocenters. The smallest absolute Gasteiger partial charge is 0.258 e. The van der Waals surface area contributed by atoms with E-state index >= 15 is 0 Å². The topological polar surface area (TPSA) is 137 Å². The van der Waals surface area contributed by atoms with E-state index in [0.29, 0.717) is 62.6 Å². The van der Waals surface area contributed by atoms with Gasteiger partial charge in [-0.05, 0) is 73.7 Å². The van der Waals surface area contributed by atoms with E-state index in [1.54, 1.807) is 24.0 Å². The van der Waals surface area contributed by atoms with Gasteiger partial charge in [0.05, 0.1) is 33.9 Å². The van der Waals surface area contributed by atoms with Gasteiger partial charge in [0.1, 0.15) is 18.2 Å². The Hall–Kier alpha value is -4.97. The molecule has 12 heteroatoms. The molecule has 45 heavy (non-hydrogen) atoms. The Balaban J connectivity index is 0.000000337. The lowest BCUT2D eigenvalue weighted by Gasteiger charge is -2.15. The molecular formula is C33H31FN6O4S. The van der Waals surface area contributed by atoms with Crippen molar-refractivity contribution in [3.8, 4) is 27.6 Å². The predicted octanol–water partition coefficient (Wildman–Crippen LogP) is 5.92. The maximum Gasteiger partial charge on any atom is 0.258 e. The van der Waals surface area contributed by atoms with E-state index in [1.807, 2.05) is 19.2 Å². The molecule has 0 saturated carbocycles. The molecule has 1 aliphatic heterocycles. The fraction of sp³-hybridized carbons (Fsp3) is 0.273. The van der Waals surface area contributed by atoms with Gasteiger partial charge in [-0.25, -0.2) is 4.39 Å². The summed E-state index contributed by atoms with van der Waals surface area (Å²) in [4.78, 5) is 37.1. The van der Waals surface area contributed by atoms with Crippen molar-refractivity contribution in [1.29, 1.82) is 0 Å². The number of benzene rings is 1. The van der Waals surface area contributed by atoms with Gasteiger partial charge in [-0.3, -0.25) is 19.6 Å². The molecule has 0 spiro atoms. The van der Waals surface area contributed by atoms with E-state index in [1.165, 1.54) is 66.1 Å². The Kier molecular flexibility index (Phi) is 8.65. The highest BCUT2D eigenvalue weighted by Crippen LogP contribution is 2.43. The van der Waals surface area contributed by atoms with Gasteiger partial charge in [0.25, 0.3) is 11.8 Å². The maximum absolute atomic E-state index is 13.5. The average Bonchev–Trinajstić information content (AvgIpc) is 3.84. The van der Waals surface area contributed by atoms with Gasteiger partial charge in [0, 0.05) is 35.8 Å². The molecule has 0 fully saturated rings. The Bertz CT molecular complexity index is 1850. The molecule has 1 aromatic carbocycles. The zero-order valence-electron chi connectivity index (χ0n) is 24.9. The van der Waals surface area contributed by atoms with Crippen LogP contribution in [-0.2, 0) is 26.0 Å². The lowest BCUT2D eigenvalue weighted by molar-refractivity contribution is 0.0778. The summed E-state index contributed by atoms with van der Waals surface area (Å²) in [5, 5.41) is 8.17. The molecule has 230 valence electrons. The van der Waals surface area contributed by atoms with Crippen LogP contribution in [0.1, 0.15) is 68.3 Å². The van der Waals surface area contributed by atoms with Crippen LogP contribution in [0.2, 0.25) is 0 Å². The highest BCUT2D eigenvalue weighted by Gasteiger charge is 2.36. The number of nitrogens with zero attached hydrogens (tertiary/aromatic N) is 5. The minimum atomic E-state index is -0.564. The van der Waals surface area contributed by atoms with E-state index in [4.69, 9.17) is 19.9 Å². The van der Waals surface area contributed by atoms with Crippen LogP contribution in [0.5, 0.6) is 5.75 Å². The maximum atomic E-state index is 13.5. The lowest BCUT2D eigenvalue weighted by Crippen LogP contribution is -2.24. The number of pyridine rings is 2. The molecule has 5 heterocycles. The molecular weight excluding hydrogens is 595 g/mol. The first-order chi connectivity index (χ1) is 21.8. The zero-order valence-corrected chi connectivity index (χ0v) is 25.7. The highest BCUT2D eigenvalue weighted by molar-refractivity contribution is 7.17. The zero-order chi connectivity index (χ0) is 31.5. The van der Waals surface area contributed by atoms with Crippen LogP contribution >= 0.6 is 11.3 Å². The van der Waals surface area contributed by atoms with E-state index < -0.39 is 5.91 Å². The molecule has 1 aliphatic carbocycles. The van der Waals surface area contributed by atoms with Crippen LogP contribution in [0.15, 0.2) is 59.1 Å². The molecule has 7 rings (SSSR count). The van der Waals surface area contributed by atoms with Crippen molar-refractivity contribution in [3.05, 3.63) is 99.5 Å². The minimum absolute atomic E-state index is 0.00130. The molecule has 0 saturated heterocycles. The number of aryl methyl sites for hydroxylation is 3. The van der Waals surface area contributed by atoms with Crippen LogP contribution in [0.25, 0.3) is 21.9 Å². The number of ether oxygens (including phenoxy) is 1. The number of fused-ring (bicyclic) bond motifs is 2. The molecule has 0 bridgehead atoms. The van der Waals surface area contributed by atoms with Gasteiger partial charge in [0.2, 0.25) is 11.8 Å². The number of primary amides is 1. The van der Waals surface area contributed by atoms with Crippen LogP contribution in [0.4, 0.5) is 4.39 Å². The third-order valence-electron chi connectivity index (χ3n) is 7.55. The number of hydrogen-bond acceptors (Lipinski definition) is 9. The van der Waals surface area contributed by atoms with Gasteiger partial charge >= 0.3 is 0 Å². The van der Waals surface area contributed by atoms with Gasteiger partial charge in [0.15, 0.2) is 0 Å². The Morgan fingerprint density at radius 1 is 1.07 bits per heavy atom. The predicted molar refractivity (Wildman–Crippen MR) is 166 cm³/mol. The number of carbonyl (C=O) groups excluding carboxylic acids is 2. The number of nitrogens with two attached hydrogens (primary N) is 1. The molecule has 2 N–H and O–H groups in total. The molecule has 2 aliphatic rings. The second kappa shape index (κ2) is 12.9. The number of halogens is 1. The van der Waals surface area contributed by atoms with Crippen molar-refractivity contribution in [2.75, 3.05) is 6.54 Å². The second-order valence-electron chi connectivity index (χ2n) is 10.7. The summed E-state index contributed by atoms with van der Waals surface area (Å²) in [6.45, 7) is 4.57. The first kappa shape index (κ1) is 30.1. The summed E-state index contributed by atoms with van der Waals surface area (Å²) in [6.07, 6.45) is 6.39. The van der Waals surface area contributed by atoms with Crippen molar-refractivity contribution in [2.24, 2.45) is 5.73 Å². The molecule has 0 atom stereocenters. The van der Waals surface area contributed by atoms with Gasteiger partial charge in [-0.15, -0.1) is 21.5 Å². The number of hydrogen-bond donors (Lipinski definition) is 1. The van der Waals surface area contributed by atoms with Crippen molar-refractivity contribution in [1.82, 2.24) is 25.1 Å². The van der Waals surface area contributed by atoms with E-state index in [0.717, 1.165) is 6.42 Å². The number of thiophene rings is 1. The monoisotopic (exact) mass is 626 g/mol. The third kappa shape index (κ3) is 6.32. The fourth-order valence-electron chi connectivity index (χ4n) is 5.53. The average molecular weight is 627 g/mol. The van der Waals surface area contributed by atoms with Crippen LogP contribution in [0, 0.1) is 12.7 Å². The van der Waals surface area contributed by atoms with Gasteiger partial charge < -0.3 is 19.8 Å². The summed E-state index contributed by atoms with van der Waals surface area (Å²) >= 11 is 1.17. The van der Waals surface area contributed by atoms with Gasteiger partial charge in [-0.2, -0.15) is 0 Å². The normalized spacial score (nSPS) is 13.3. The summed E-state index contributed by atoms with van der Waals surface area (Å²) in [5.74, 6) is -0.141. The van der Waals surface area contributed by atoms with Crippen molar-refractivity contribution in [3.63, 3.8) is 0 Å². The van der Waals surface area contributed by atoms with Crippen LogP contribution in [0.3, 0.4) is 0 Å². The van der Waals surface area contributed by atoms with E-state index in [9.17, 15) is 14.0 Å². The quantitative estimate of drug-likeness (QED) is 0.224. The summed E-state index contributed by atoms with van der Waals surface area (Å²) in [6, 6.07) is 13.2. The SMILES string of the molecule is CCCN1Cc2nc(COc3ccc(F)cc3)c(-c3nnc(C)o3)c(-c3ccc(C(N)=O)s3)c2C1=O.c1cnc2c(c1)CCC2. The van der Waals surface area contributed by atoms with Crippen molar-refractivity contribution < 1.29 is 23.1 Å². The standard InChI is InChI=1S/C25H22FN5O4S.C8H9N/c1-3-10-31-11-16-21(25(31)33)22(18-8-9-19(36-18)23(27)32)20(24-30-29-13(2)35-24)17(28-16)12-34-15-6-4-14(26)5-7-15;1-3-7-4-2-6-9-8(7)5-1/h4-9H,3,10-12H2,1-2H3,(H2,27,32);2,4,6H,1,3,5H2. The summed E-state index contributed by atoms with van der Waals surface area (Å²) < 4.78 is 25.1. The molecule has 5 aromatic rings. The molecule has 0 radical (unpaired) electrons. The first-order valence-corrected chi connectivity index (χ1v) is 15.5. The Morgan fingerprint density at radius 2 is 1.89 bits per heavy atom. The minimum Gasteiger partial charge on any atom is -0.487 e. The number of aromatic nitrogens is 4. The second-order valence-corrected chi connectivity index (χ2v) is 11.8. The fourth-order valence-corrected chi connectivity index (χ4v) is 6.45. The van der Waals surface area contributed by atoms with Crippen LogP contribution in [-0.4, -0.2) is 43.4 Å². The number of amides is 2. The van der Waals surface area contributed by atoms with E-state index in [-0.39, 0.29) is 24.2 Å². The number of rotatable bonds is 8. The summed E-state index contributed by atoms with van der Waals surface area (Å²) in [5.41, 5.74) is 10.8. The highest BCUT2D eigenvalue weighted by atomic mass is 32.1.